The maximum absolute atomic E-state index is 6.38. The van der Waals surface area contributed by atoms with E-state index < -0.39 is 0 Å². The molecule has 0 radical (unpaired) electrons. The first-order valence-corrected chi connectivity index (χ1v) is 9.11. The molecule has 0 aliphatic rings. The average molecular weight is 387 g/mol. The Labute approximate surface area is 168 Å². The third kappa shape index (κ3) is 3.62. The zero-order chi connectivity index (χ0) is 20.2. The van der Waals surface area contributed by atoms with Crippen LogP contribution in [0.3, 0.4) is 0 Å². The van der Waals surface area contributed by atoms with E-state index in [0.29, 0.717) is 35.3 Å². The number of rotatable bonds is 6. The number of nitrogens with zero attached hydrogens (tertiary/aromatic N) is 3. The van der Waals surface area contributed by atoms with Gasteiger partial charge in [-0.1, -0.05) is 36.4 Å². The van der Waals surface area contributed by atoms with Gasteiger partial charge < -0.3 is 20.5 Å². The van der Waals surface area contributed by atoms with Crippen LogP contribution >= 0.6 is 0 Å². The predicted molar refractivity (Wildman–Crippen MR) is 114 cm³/mol. The summed E-state index contributed by atoms with van der Waals surface area (Å²) in [7, 11) is 3.21. The number of nitrogens with one attached hydrogen (secondary N) is 1. The molecule has 7 heteroatoms. The normalized spacial score (nSPS) is 10.7. The van der Waals surface area contributed by atoms with Gasteiger partial charge in [-0.2, -0.15) is 4.98 Å². The van der Waals surface area contributed by atoms with Crippen molar-refractivity contribution in [2.45, 2.75) is 6.54 Å². The molecule has 0 unspecified atom stereocenters. The number of anilines is 2. The van der Waals surface area contributed by atoms with E-state index in [1.165, 1.54) is 0 Å². The first kappa shape index (κ1) is 18.5. The quantitative estimate of drug-likeness (QED) is 0.518. The molecule has 146 valence electrons. The summed E-state index contributed by atoms with van der Waals surface area (Å²) in [6.07, 6.45) is 3.53. The topological polar surface area (TPSA) is 95.2 Å². The number of pyridine rings is 1. The van der Waals surface area contributed by atoms with E-state index in [1.54, 1.807) is 26.6 Å². The van der Waals surface area contributed by atoms with E-state index in [9.17, 15) is 0 Å². The molecule has 2 heterocycles. The smallest absolute Gasteiger partial charge is 0.225 e. The molecule has 0 aliphatic heterocycles. The lowest BCUT2D eigenvalue weighted by atomic mass is 9.99. The molecule has 0 atom stereocenters. The number of ether oxygens (including phenoxy) is 2. The van der Waals surface area contributed by atoms with E-state index in [0.717, 1.165) is 22.1 Å². The lowest BCUT2D eigenvalue weighted by Crippen LogP contribution is -2.07. The second-order valence-corrected chi connectivity index (χ2v) is 6.39. The zero-order valence-corrected chi connectivity index (χ0v) is 16.2. The van der Waals surface area contributed by atoms with Crippen molar-refractivity contribution in [1.82, 2.24) is 15.0 Å². The summed E-state index contributed by atoms with van der Waals surface area (Å²) in [4.78, 5) is 13.3. The fourth-order valence-electron chi connectivity index (χ4n) is 3.28. The Hall–Kier alpha value is -3.87. The standard InChI is InChI=1S/C22H21N5O2/c1-28-17-11-16-19(18(20(17)29-2)15-8-4-3-5-9-15)21(23)27-22(26-16)25-13-14-7-6-10-24-12-14/h3-12H,13H2,1-2H3,(H3,23,25,26,27). The summed E-state index contributed by atoms with van der Waals surface area (Å²) < 4.78 is 11.2. The van der Waals surface area contributed by atoms with Gasteiger partial charge in [0.25, 0.3) is 0 Å². The number of fused-ring (bicyclic) bond motifs is 1. The molecule has 29 heavy (non-hydrogen) atoms. The van der Waals surface area contributed by atoms with Gasteiger partial charge in [0.1, 0.15) is 5.82 Å². The average Bonchev–Trinajstić information content (AvgIpc) is 2.77. The Morgan fingerprint density at radius 2 is 1.83 bits per heavy atom. The van der Waals surface area contributed by atoms with Crippen molar-refractivity contribution in [2.75, 3.05) is 25.3 Å². The summed E-state index contributed by atoms with van der Waals surface area (Å²) in [5.41, 5.74) is 9.82. The number of benzene rings is 2. The van der Waals surface area contributed by atoms with E-state index in [4.69, 9.17) is 15.2 Å². The first-order chi connectivity index (χ1) is 14.2. The minimum Gasteiger partial charge on any atom is -0.493 e. The highest BCUT2D eigenvalue weighted by molar-refractivity contribution is 6.05. The van der Waals surface area contributed by atoms with Crippen LogP contribution in [0.1, 0.15) is 5.56 Å². The number of nitrogen functional groups attached to an aromatic ring is 1. The minimum absolute atomic E-state index is 0.364. The van der Waals surface area contributed by atoms with Crippen LogP contribution in [0.2, 0.25) is 0 Å². The second-order valence-electron chi connectivity index (χ2n) is 6.39. The van der Waals surface area contributed by atoms with Gasteiger partial charge in [-0.15, -0.1) is 0 Å². The van der Waals surface area contributed by atoms with Gasteiger partial charge in [-0.3, -0.25) is 4.98 Å². The Balaban J connectivity index is 1.85. The van der Waals surface area contributed by atoms with E-state index in [1.807, 2.05) is 48.5 Å². The van der Waals surface area contributed by atoms with Crippen molar-refractivity contribution in [3.05, 3.63) is 66.5 Å². The van der Waals surface area contributed by atoms with Crippen LogP contribution < -0.4 is 20.5 Å². The van der Waals surface area contributed by atoms with Crippen LogP contribution in [-0.2, 0) is 6.54 Å². The van der Waals surface area contributed by atoms with Crippen LogP contribution in [0.25, 0.3) is 22.0 Å². The van der Waals surface area contributed by atoms with Gasteiger partial charge in [0.15, 0.2) is 11.5 Å². The Kier molecular flexibility index (Phi) is 5.11. The highest BCUT2D eigenvalue weighted by Crippen LogP contribution is 2.45. The molecule has 0 saturated heterocycles. The predicted octanol–water partition coefficient (Wildman–Crippen LogP) is 3.90. The molecule has 0 saturated carbocycles. The van der Waals surface area contributed by atoms with Crippen LogP contribution in [0, 0.1) is 0 Å². The Morgan fingerprint density at radius 1 is 1.00 bits per heavy atom. The van der Waals surface area contributed by atoms with Gasteiger partial charge in [-0.25, -0.2) is 4.98 Å². The van der Waals surface area contributed by atoms with Crippen LogP contribution in [-0.4, -0.2) is 29.2 Å². The fraction of sp³-hybridized carbons (Fsp3) is 0.136. The van der Waals surface area contributed by atoms with Crippen molar-refractivity contribution in [3.63, 3.8) is 0 Å². The molecule has 2 aromatic heterocycles. The second kappa shape index (κ2) is 8.02. The Bertz CT molecular complexity index is 1130. The molecule has 0 bridgehead atoms. The molecule has 7 nitrogen and oxygen atoms in total. The fourth-order valence-corrected chi connectivity index (χ4v) is 3.28. The third-order valence-electron chi connectivity index (χ3n) is 4.59. The van der Waals surface area contributed by atoms with Gasteiger partial charge in [0, 0.05) is 30.6 Å². The maximum atomic E-state index is 6.38. The summed E-state index contributed by atoms with van der Waals surface area (Å²) in [6, 6.07) is 15.5. The van der Waals surface area contributed by atoms with E-state index in [-0.39, 0.29) is 0 Å². The Morgan fingerprint density at radius 3 is 2.52 bits per heavy atom. The van der Waals surface area contributed by atoms with Gasteiger partial charge >= 0.3 is 0 Å². The lowest BCUT2D eigenvalue weighted by Gasteiger charge is -2.17. The third-order valence-corrected chi connectivity index (χ3v) is 4.59. The largest absolute Gasteiger partial charge is 0.493 e. The SMILES string of the molecule is COc1cc2nc(NCc3cccnc3)nc(N)c2c(-c2ccccc2)c1OC. The highest BCUT2D eigenvalue weighted by atomic mass is 16.5. The van der Waals surface area contributed by atoms with Crippen LogP contribution in [0.15, 0.2) is 60.9 Å². The van der Waals surface area contributed by atoms with Crippen molar-refractivity contribution in [1.29, 1.82) is 0 Å². The van der Waals surface area contributed by atoms with Crippen molar-refractivity contribution in [3.8, 4) is 22.6 Å². The first-order valence-electron chi connectivity index (χ1n) is 9.11. The monoisotopic (exact) mass is 387 g/mol. The zero-order valence-electron chi connectivity index (χ0n) is 16.2. The molecule has 0 fully saturated rings. The number of aromatic nitrogens is 3. The van der Waals surface area contributed by atoms with Gasteiger partial charge in [0.2, 0.25) is 5.95 Å². The summed E-state index contributed by atoms with van der Waals surface area (Å²) >= 11 is 0. The molecule has 0 spiro atoms. The van der Waals surface area contributed by atoms with E-state index >= 15 is 0 Å². The molecule has 0 aliphatic carbocycles. The van der Waals surface area contributed by atoms with Crippen molar-refractivity contribution < 1.29 is 9.47 Å². The molecular formula is C22H21N5O2. The molecule has 3 N–H and O–H groups in total. The number of hydrogen-bond donors (Lipinski definition) is 2. The van der Waals surface area contributed by atoms with E-state index in [2.05, 4.69) is 20.3 Å². The molecular weight excluding hydrogens is 366 g/mol. The summed E-state index contributed by atoms with van der Waals surface area (Å²) in [5.74, 6) is 1.97. The summed E-state index contributed by atoms with van der Waals surface area (Å²) in [6.45, 7) is 0.539. The maximum Gasteiger partial charge on any atom is 0.225 e. The molecule has 4 aromatic rings. The highest BCUT2D eigenvalue weighted by Gasteiger charge is 2.20. The van der Waals surface area contributed by atoms with Gasteiger partial charge in [-0.05, 0) is 17.2 Å². The number of nitrogens with two attached hydrogens (primary N) is 1. The van der Waals surface area contributed by atoms with Crippen molar-refractivity contribution >= 4 is 22.7 Å². The summed E-state index contributed by atoms with van der Waals surface area (Å²) in [5, 5.41) is 3.93. The molecule has 2 aromatic carbocycles. The number of methoxy groups -OCH3 is 2. The lowest BCUT2D eigenvalue weighted by molar-refractivity contribution is 0.357. The van der Waals surface area contributed by atoms with Crippen LogP contribution in [0.5, 0.6) is 11.5 Å². The van der Waals surface area contributed by atoms with Crippen molar-refractivity contribution in [2.24, 2.45) is 0 Å². The molecule has 0 amide bonds. The minimum atomic E-state index is 0.364. The number of hydrogen-bond acceptors (Lipinski definition) is 7. The van der Waals surface area contributed by atoms with Crippen LogP contribution in [0.4, 0.5) is 11.8 Å². The molecule has 4 rings (SSSR count). The van der Waals surface area contributed by atoms with Gasteiger partial charge in [0.05, 0.1) is 25.1 Å².